The van der Waals surface area contributed by atoms with E-state index in [1.807, 2.05) is 13.8 Å². The van der Waals surface area contributed by atoms with Crippen molar-refractivity contribution in [2.24, 2.45) is 27.0 Å². The minimum absolute atomic E-state index is 0.125. The van der Waals surface area contributed by atoms with Crippen LogP contribution in [-0.2, 0) is 9.47 Å². The van der Waals surface area contributed by atoms with Crippen LogP contribution in [0.4, 0.5) is 0 Å². The Hall–Kier alpha value is -1.63. The maximum absolute atomic E-state index is 9.66. The highest BCUT2D eigenvalue weighted by molar-refractivity contribution is 6.00. The van der Waals surface area contributed by atoms with Crippen LogP contribution in [0.1, 0.15) is 20.3 Å². The van der Waals surface area contributed by atoms with Crippen LogP contribution in [0.2, 0.25) is 0 Å². The highest BCUT2D eigenvalue weighted by Crippen LogP contribution is 2.86. The fourth-order valence-corrected chi connectivity index (χ4v) is 3.72. The zero-order valence-electron chi connectivity index (χ0n) is 10.9. The topological polar surface area (TPSA) is 104 Å². The molecule has 1 aliphatic heterocycles. The average Bonchev–Trinajstić information content (AvgIpc) is 2.80. The van der Waals surface area contributed by atoms with Crippen LogP contribution in [-0.4, -0.2) is 26.0 Å². The van der Waals surface area contributed by atoms with Crippen LogP contribution in [0.5, 0.6) is 0 Å². The zero-order valence-corrected chi connectivity index (χ0v) is 10.9. The van der Waals surface area contributed by atoms with Gasteiger partial charge in [-0.3, -0.25) is 0 Å². The van der Waals surface area contributed by atoms with E-state index in [2.05, 4.69) is 17.1 Å². The maximum atomic E-state index is 9.66. The van der Waals surface area contributed by atoms with Crippen molar-refractivity contribution in [1.82, 2.24) is 0 Å². The summed E-state index contributed by atoms with van der Waals surface area (Å²) in [4.78, 5) is 4.12. The largest absolute Gasteiger partial charge is 0.386 e. The Bertz CT molecular complexity index is 513. The first-order valence-electron chi connectivity index (χ1n) is 5.72. The number of nitrogens with zero attached hydrogens (tertiary/aromatic N) is 3. The molecule has 0 aromatic carbocycles. The van der Waals surface area contributed by atoms with Gasteiger partial charge in [0, 0.05) is 19.6 Å². The number of ether oxygens (including phenoxy) is 2. The van der Waals surface area contributed by atoms with E-state index in [1.54, 1.807) is 0 Å². The van der Waals surface area contributed by atoms with Gasteiger partial charge in [0.2, 0.25) is 0 Å². The van der Waals surface area contributed by atoms with Gasteiger partial charge in [-0.2, -0.15) is 10.5 Å². The van der Waals surface area contributed by atoms with Crippen molar-refractivity contribution in [3.8, 4) is 12.1 Å². The molecule has 1 heterocycles. The molecule has 6 nitrogen and oxygen atoms in total. The predicted molar refractivity (Wildman–Crippen MR) is 62.9 cm³/mol. The van der Waals surface area contributed by atoms with Gasteiger partial charge in [0.05, 0.1) is 12.1 Å². The molecule has 2 rings (SSSR count). The summed E-state index contributed by atoms with van der Waals surface area (Å²) in [7, 11) is 2.81. The van der Waals surface area contributed by atoms with E-state index in [-0.39, 0.29) is 5.84 Å². The lowest BCUT2D eigenvalue weighted by molar-refractivity contribution is -0.236. The molecule has 0 aromatic heterocycles. The number of hydrogen-bond donors (Lipinski definition) is 1. The van der Waals surface area contributed by atoms with E-state index in [0.717, 1.165) is 0 Å². The van der Waals surface area contributed by atoms with Gasteiger partial charge in [-0.15, -0.1) is 0 Å². The number of rotatable bonds is 3. The molecular formula is C12H16N4O2. The molecule has 0 unspecified atom stereocenters. The summed E-state index contributed by atoms with van der Waals surface area (Å²) >= 11 is 0. The molecule has 18 heavy (non-hydrogen) atoms. The zero-order chi connectivity index (χ0) is 13.8. The normalized spacial score (nSPS) is 43.6. The van der Waals surface area contributed by atoms with Crippen LogP contribution >= 0.6 is 0 Å². The van der Waals surface area contributed by atoms with Crippen LogP contribution in [0.25, 0.3) is 0 Å². The third kappa shape index (κ3) is 0.754. The standard InChI is InChI=1S/C12H16N4O2/c1-5-9(2)10(6-13)8(15)16-12(17-3,18-4)11(9,10)7-14/h5H2,1-4H3,(H2,15,16)/t9-,10-,11-/m1/s1. The molecule has 1 aliphatic carbocycles. The van der Waals surface area contributed by atoms with Crippen molar-refractivity contribution in [1.29, 1.82) is 10.5 Å². The van der Waals surface area contributed by atoms with Crippen LogP contribution in [0.3, 0.4) is 0 Å². The average molecular weight is 248 g/mol. The molecule has 0 saturated heterocycles. The molecule has 0 bridgehead atoms. The first-order valence-corrected chi connectivity index (χ1v) is 5.72. The fourth-order valence-electron chi connectivity index (χ4n) is 3.72. The third-order valence-corrected chi connectivity index (χ3v) is 4.88. The number of amidine groups is 1. The number of nitriles is 2. The summed E-state index contributed by atoms with van der Waals surface area (Å²) in [5.41, 5.74) is 2.98. The summed E-state index contributed by atoms with van der Waals surface area (Å²) in [6.07, 6.45) is 0.610. The van der Waals surface area contributed by atoms with Gasteiger partial charge in [-0.25, -0.2) is 4.99 Å². The van der Waals surface area contributed by atoms with Crippen molar-refractivity contribution < 1.29 is 9.47 Å². The second kappa shape index (κ2) is 3.23. The molecule has 3 atom stereocenters. The molecule has 0 radical (unpaired) electrons. The molecule has 2 aliphatic rings. The van der Waals surface area contributed by atoms with E-state index in [1.165, 1.54) is 14.2 Å². The van der Waals surface area contributed by atoms with Gasteiger partial charge in [0.15, 0.2) is 5.41 Å². The molecule has 0 spiro atoms. The minimum Gasteiger partial charge on any atom is -0.386 e. The summed E-state index contributed by atoms with van der Waals surface area (Å²) in [6, 6.07) is 4.39. The summed E-state index contributed by atoms with van der Waals surface area (Å²) in [5, 5.41) is 19.2. The molecular weight excluding hydrogens is 232 g/mol. The molecule has 2 N–H and O–H groups in total. The van der Waals surface area contributed by atoms with E-state index in [4.69, 9.17) is 15.2 Å². The monoisotopic (exact) mass is 248 g/mol. The summed E-state index contributed by atoms with van der Waals surface area (Å²) < 4.78 is 10.7. The van der Waals surface area contributed by atoms with Crippen molar-refractivity contribution in [3.05, 3.63) is 0 Å². The number of methoxy groups -OCH3 is 2. The number of aliphatic imine (C=N–C) groups is 1. The lowest BCUT2D eigenvalue weighted by atomic mass is 9.89. The highest BCUT2D eigenvalue weighted by atomic mass is 16.7. The molecule has 6 heteroatoms. The van der Waals surface area contributed by atoms with Crippen LogP contribution < -0.4 is 5.73 Å². The van der Waals surface area contributed by atoms with Gasteiger partial charge < -0.3 is 15.2 Å². The van der Waals surface area contributed by atoms with E-state index in [0.29, 0.717) is 6.42 Å². The Morgan fingerprint density at radius 2 is 1.83 bits per heavy atom. The first kappa shape index (κ1) is 12.8. The number of fused-ring (bicyclic) bond motifs is 1. The van der Waals surface area contributed by atoms with E-state index < -0.39 is 22.2 Å². The molecule has 0 aromatic rings. The second-order valence-corrected chi connectivity index (χ2v) is 4.90. The molecule has 0 amide bonds. The SMILES string of the molecule is CC[C@]1(C)[C@@]2(C#N)C(N)=NC(OC)(OC)[C@]12C#N. The van der Waals surface area contributed by atoms with Gasteiger partial charge in [-0.05, 0) is 6.42 Å². The Balaban J connectivity index is 2.77. The Labute approximate surface area is 106 Å². The van der Waals surface area contributed by atoms with Gasteiger partial charge >= 0.3 is 0 Å². The first-order chi connectivity index (χ1) is 8.43. The van der Waals surface area contributed by atoms with Crippen molar-refractivity contribution >= 4 is 5.84 Å². The molecule has 96 valence electrons. The smallest absolute Gasteiger partial charge is 0.292 e. The van der Waals surface area contributed by atoms with Crippen LogP contribution in [0.15, 0.2) is 4.99 Å². The second-order valence-electron chi connectivity index (χ2n) is 4.90. The lowest BCUT2D eigenvalue weighted by Gasteiger charge is -2.31. The van der Waals surface area contributed by atoms with Gasteiger partial charge in [0.1, 0.15) is 11.3 Å². The highest BCUT2D eigenvalue weighted by Gasteiger charge is 2.98. The Morgan fingerprint density at radius 3 is 2.11 bits per heavy atom. The predicted octanol–water partition coefficient (Wildman–Crippen LogP) is 0.754. The summed E-state index contributed by atoms with van der Waals surface area (Å²) in [6.45, 7) is 3.77. The maximum Gasteiger partial charge on any atom is 0.292 e. The number of nitrogens with two attached hydrogens (primary N) is 1. The summed E-state index contributed by atoms with van der Waals surface area (Å²) in [5.74, 6) is -1.37. The fraction of sp³-hybridized carbons (Fsp3) is 0.750. The van der Waals surface area contributed by atoms with Crippen molar-refractivity contribution in [2.75, 3.05) is 14.2 Å². The van der Waals surface area contributed by atoms with Crippen molar-refractivity contribution in [2.45, 2.75) is 26.2 Å². The van der Waals surface area contributed by atoms with Gasteiger partial charge in [-0.1, -0.05) is 13.8 Å². The van der Waals surface area contributed by atoms with Gasteiger partial charge in [0.25, 0.3) is 5.91 Å². The Kier molecular flexibility index (Phi) is 2.30. The minimum atomic E-state index is -1.49. The molecule has 1 fully saturated rings. The Morgan fingerprint density at radius 1 is 1.28 bits per heavy atom. The lowest BCUT2D eigenvalue weighted by Crippen LogP contribution is -2.43. The van der Waals surface area contributed by atoms with E-state index >= 15 is 0 Å². The van der Waals surface area contributed by atoms with E-state index in [9.17, 15) is 10.5 Å². The van der Waals surface area contributed by atoms with Crippen molar-refractivity contribution in [3.63, 3.8) is 0 Å². The third-order valence-electron chi connectivity index (χ3n) is 4.88. The quantitative estimate of drug-likeness (QED) is 0.742. The number of hydrogen-bond acceptors (Lipinski definition) is 6. The molecule has 1 saturated carbocycles. The van der Waals surface area contributed by atoms with Crippen LogP contribution in [0, 0.1) is 38.9 Å².